The van der Waals surface area contributed by atoms with Crippen molar-refractivity contribution >= 4 is 0 Å². The molecule has 33 heavy (non-hydrogen) atoms. The lowest BCUT2D eigenvalue weighted by Crippen LogP contribution is -2.61. The van der Waals surface area contributed by atoms with Gasteiger partial charge in [-0.1, -0.05) is 6.07 Å². The van der Waals surface area contributed by atoms with Crippen LogP contribution < -0.4 is 4.74 Å². The summed E-state index contributed by atoms with van der Waals surface area (Å²) in [6.45, 7) is -1.23. The Kier molecular flexibility index (Phi) is 8.82. The van der Waals surface area contributed by atoms with Crippen molar-refractivity contribution in [3.05, 3.63) is 23.8 Å². The summed E-state index contributed by atoms with van der Waals surface area (Å²) in [4.78, 5) is 0. The van der Waals surface area contributed by atoms with E-state index in [1.54, 1.807) is 6.07 Å². The SMILES string of the molecule is COc1ccc(CO[C@@H]2O[C@H](CO[C@@H]3O[C@H](CO)[C@@H](O)[C@H](O)[C@H]3O)[C@@H](O)[C@H](O)[C@H]2O)cc1O. The quantitative estimate of drug-likeness (QED) is 0.183. The highest BCUT2D eigenvalue weighted by molar-refractivity contribution is 5.41. The molecule has 0 bridgehead atoms. The van der Waals surface area contributed by atoms with Crippen LogP contribution in [-0.2, 0) is 25.6 Å². The second kappa shape index (κ2) is 11.2. The van der Waals surface area contributed by atoms with E-state index in [-0.39, 0.29) is 18.1 Å². The molecule has 0 amide bonds. The van der Waals surface area contributed by atoms with E-state index in [2.05, 4.69) is 0 Å². The van der Waals surface area contributed by atoms with Crippen molar-refractivity contribution in [2.45, 2.75) is 68.0 Å². The lowest BCUT2D eigenvalue weighted by Gasteiger charge is -2.42. The fourth-order valence-electron chi connectivity index (χ4n) is 3.59. The van der Waals surface area contributed by atoms with E-state index < -0.39 is 74.6 Å². The predicted molar refractivity (Wildman–Crippen MR) is 106 cm³/mol. The Bertz CT molecular complexity index is 761. The van der Waals surface area contributed by atoms with Crippen LogP contribution in [0.2, 0.25) is 0 Å². The Labute approximate surface area is 188 Å². The number of ether oxygens (including phenoxy) is 5. The summed E-state index contributed by atoms with van der Waals surface area (Å²) in [5.74, 6) is 0.140. The van der Waals surface area contributed by atoms with E-state index >= 15 is 0 Å². The minimum atomic E-state index is -1.66. The van der Waals surface area contributed by atoms with Gasteiger partial charge in [0.05, 0.1) is 26.9 Å². The van der Waals surface area contributed by atoms with Gasteiger partial charge in [0.1, 0.15) is 48.8 Å². The number of aliphatic hydroxyl groups is 7. The number of benzene rings is 1. The van der Waals surface area contributed by atoms with E-state index in [4.69, 9.17) is 23.7 Å². The molecule has 1 aromatic rings. The average molecular weight is 478 g/mol. The number of aliphatic hydroxyl groups excluding tert-OH is 7. The molecule has 3 rings (SSSR count). The minimum absolute atomic E-state index is 0.120. The normalized spacial score (nSPS) is 39.4. The summed E-state index contributed by atoms with van der Waals surface area (Å²) in [6, 6.07) is 4.51. The molecule has 2 aliphatic heterocycles. The van der Waals surface area contributed by atoms with Gasteiger partial charge in [-0.3, -0.25) is 0 Å². The second-order valence-corrected chi connectivity index (χ2v) is 7.86. The largest absolute Gasteiger partial charge is 0.504 e. The van der Waals surface area contributed by atoms with E-state index in [0.29, 0.717) is 5.56 Å². The summed E-state index contributed by atoms with van der Waals surface area (Å²) < 4.78 is 26.6. The zero-order chi connectivity index (χ0) is 24.3. The third-order valence-corrected chi connectivity index (χ3v) is 5.60. The van der Waals surface area contributed by atoms with E-state index in [1.807, 2.05) is 0 Å². The molecule has 2 fully saturated rings. The number of hydrogen-bond donors (Lipinski definition) is 8. The Morgan fingerprint density at radius 1 is 0.788 bits per heavy atom. The van der Waals surface area contributed by atoms with Crippen LogP contribution in [0.4, 0.5) is 0 Å². The number of rotatable bonds is 8. The monoisotopic (exact) mass is 478 g/mol. The Morgan fingerprint density at radius 2 is 1.36 bits per heavy atom. The van der Waals surface area contributed by atoms with Crippen LogP contribution in [-0.4, -0.2) is 123 Å². The molecule has 0 radical (unpaired) electrons. The minimum Gasteiger partial charge on any atom is -0.504 e. The van der Waals surface area contributed by atoms with Gasteiger partial charge in [0.2, 0.25) is 0 Å². The number of phenols is 1. The summed E-state index contributed by atoms with van der Waals surface area (Å²) in [5.41, 5.74) is 0.513. The number of phenolic OH excluding ortho intramolecular Hbond substituents is 1. The molecule has 13 heteroatoms. The zero-order valence-corrected chi connectivity index (χ0v) is 17.7. The van der Waals surface area contributed by atoms with Gasteiger partial charge in [0, 0.05) is 0 Å². The van der Waals surface area contributed by atoms with Gasteiger partial charge in [-0.15, -0.1) is 0 Å². The van der Waals surface area contributed by atoms with E-state index in [1.165, 1.54) is 19.2 Å². The number of hydrogen-bond acceptors (Lipinski definition) is 13. The van der Waals surface area contributed by atoms with Gasteiger partial charge in [0.25, 0.3) is 0 Å². The molecule has 188 valence electrons. The maximum Gasteiger partial charge on any atom is 0.187 e. The molecule has 1 aromatic carbocycles. The lowest BCUT2D eigenvalue weighted by molar-refractivity contribution is -0.332. The van der Waals surface area contributed by atoms with Crippen molar-refractivity contribution in [2.24, 2.45) is 0 Å². The van der Waals surface area contributed by atoms with Gasteiger partial charge < -0.3 is 64.5 Å². The van der Waals surface area contributed by atoms with Crippen molar-refractivity contribution in [1.29, 1.82) is 0 Å². The number of aromatic hydroxyl groups is 1. The van der Waals surface area contributed by atoms with Crippen LogP contribution in [0.3, 0.4) is 0 Å². The Balaban J connectivity index is 1.60. The molecule has 0 unspecified atom stereocenters. The van der Waals surface area contributed by atoms with Crippen molar-refractivity contribution < 1.29 is 64.5 Å². The van der Waals surface area contributed by atoms with Crippen molar-refractivity contribution in [2.75, 3.05) is 20.3 Å². The molecule has 0 spiro atoms. The third kappa shape index (κ3) is 5.72. The molecular formula is C20H30O13. The molecule has 2 heterocycles. The summed E-state index contributed by atoms with van der Waals surface area (Å²) in [6.07, 6.45) is -15.0. The Morgan fingerprint density at radius 3 is 1.94 bits per heavy atom. The molecule has 0 saturated carbocycles. The van der Waals surface area contributed by atoms with Crippen molar-refractivity contribution in [3.8, 4) is 11.5 Å². The fraction of sp³-hybridized carbons (Fsp3) is 0.700. The van der Waals surface area contributed by atoms with Crippen LogP contribution in [0.1, 0.15) is 5.56 Å². The first kappa shape index (κ1) is 26.0. The lowest BCUT2D eigenvalue weighted by atomic mass is 9.98. The molecule has 13 nitrogen and oxygen atoms in total. The van der Waals surface area contributed by atoms with Gasteiger partial charge in [-0.2, -0.15) is 0 Å². The van der Waals surface area contributed by atoms with Gasteiger partial charge in [-0.25, -0.2) is 0 Å². The molecule has 0 aliphatic carbocycles. The molecule has 2 saturated heterocycles. The maximum atomic E-state index is 10.2. The highest BCUT2D eigenvalue weighted by atomic mass is 16.7. The van der Waals surface area contributed by atoms with Crippen LogP contribution in [0.25, 0.3) is 0 Å². The van der Waals surface area contributed by atoms with E-state index in [0.717, 1.165) is 0 Å². The summed E-state index contributed by atoms with van der Waals surface area (Å²) in [7, 11) is 1.40. The molecule has 10 atom stereocenters. The highest BCUT2D eigenvalue weighted by Crippen LogP contribution is 2.29. The first-order valence-corrected chi connectivity index (χ1v) is 10.3. The van der Waals surface area contributed by atoms with Crippen molar-refractivity contribution in [3.63, 3.8) is 0 Å². The van der Waals surface area contributed by atoms with Gasteiger partial charge in [0.15, 0.2) is 24.1 Å². The van der Waals surface area contributed by atoms with E-state index in [9.17, 15) is 40.9 Å². The topological polar surface area (TPSA) is 208 Å². The highest BCUT2D eigenvalue weighted by Gasteiger charge is 2.47. The van der Waals surface area contributed by atoms with Crippen LogP contribution in [0, 0.1) is 0 Å². The standard InChI is InChI=1S/C20H30O13/c1-29-10-3-2-8(4-9(10)22)6-30-19-18(28)16(26)14(24)12(33-19)7-31-20-17(27)15(25)13(23)11(5-21)32-20/h2-4,11-28H,5-7H2,1H3/t11-,12-,13-,14-,15+,16+,17-,18-,19-,20-/m1/s1. The molecule has 0 aromatic heterocycles. The molecule has 2 aliphatic rings. The number of methoxy groups -OCH3 is 1. The molecular weight excluding hydrogens is 448 g/mol. The zero-order valence-electron chi connectivity index (χ0n) is 17.7. The van der Waals surface area contributed by atoms with Crippen LogP contribution in [0.15, 0.2) is 18.2 Å². The summed E-state index contributed by atoms with van der Waals surface area (Å²) >= 11 is 0. The first-order valence-electron chi connectivity index (χ1n) is 10.3. The smallest absolute Gasteiger partial charge is 0.187 e. The van der Waals surface area contributed by atoms with Gasteiger partial charge in [-0.05, 0) is 17.7 Å². The van der Waals surface area contributed by atoms with Crippen molar-refractivity contribution in [1.82, 2.24) is 0 Å². The predicted octanol–water partition coefficient (Wildman–Crippen LogP) is -3.46. The Hall–Kier alpha value is -1.62. The average Bonchev–Trinajstić information content (AvgIpc) is 2.81. The fourth-order valence-corrected chi connectivity index (χ4v) is 3.59. The molecule has 8 N–H and O–H groups in total. The van der Waals surface area contributed by atoms with Crippen LogP contribution in [0.5, 0.6) is 11.5 Å². The van der Waals surface area contributed by atoms with Crippen LogP contribution >= 0.6 is 0 Å². The first-order chi connectivity index (χ1) is 15.7. The van der Waals surface area contributed by atoms with Gasteiger partial charge >= 0.3 is 0 Å². The summed E-state index contributed by atoms with van der Waals surface area (Å²) in [5, 5.41) is 79.4. The maximum absolute atomic E-state index is 10.2. The third-order valence-electron chi connectivity index (χ3n) is 5.60. The second-order valence-electron chi connectivity index (χ2n) is 7.86.